The lowest BCUT2D eigenvalue weighted by Crippen LogP contribution is -2.44. The van der Waals surface area contributed by atoms with Crippen LogP contribution in [-0.4, -0.2) is 41.8 Å². The highest BCUT2D eigenvalue weighted by molar-refractivity contribution is 5.68. The Morgan fingerprint density at radius 3 is 2.68 bits per heavy atom. The van der Waals surface area contributed by atoms with Crippen LogP contribution in [0.3, 0.4) is 0 Å². The molecule has 0 aromatic rings. The monoisotopic (exact) mass is 306 g/mol. The molecule has 0 spiro atoms. The van der Waals surface area contributed by atoms with E-state index in [4.69, 9.17) is 4.74 Å². The predicted octanol–water partition coefficient (Wildman–Crippen LogP) is 3.19. The lowest BCUT2D eigenvalue weighted by molar-refractivity contribution is 0.0290. The number of carbonyl (C=O) groups excluding carboxylic acids is 1. The van der Waals surface area contributed by atoms with Gasteiger partial charge in [0.2, 0.25) is 0 Å². The summed E-state index contributed by atoms with van der Waals surface area (Å²) in [4.78, 5) is 14.0. The number of allylic oxidation sites excluding steroid dienone is 2. The van der Waals surface area contributed by atoms with E-state index >= 15 is 0 Å². The third-order valence-corrected chi connectivity index (χ3v) is 5.31. The van der Waals surface area contributed by atoms with Crippen LogP contribution in [0.5, 0.6) is 0 Å². The van der Waals surface area contributed by atoms with E-state index < -0.39 is 5.60 Å². The van der Waals surface area contributed by atoms with Gasteiger partial charge < -0.3 is 15.0 Å². The van der Waals surface area contributed by atoms with Crippen molar-refractivity contribution in [2.75, 3.05) is 13.1 Å². The van der Waals surface area contributed by atoms with Crippen molar-refractivity contribution in [3.63, 3.8) is 0 Å². The van der Waals surface area contributed by atoms with Crippen LogP contribution in [0.4, 0.5) is 4.79 Å². The van der Waals surface area contributed by atoms with Crippen LogP contribution in [0.15, 0.2) is 12.2 Å². The van der Waals surface area contributed by atoms with Gasteiger partial charge in [0.05, 0.1) is 0 Å². The maximum atomic E-state index is 12.1. The highest BCUT2D eigenvalue weighted by Gasteiger charge is 2.39. The minimum atomic E-state index is -0.411. The van der Waals surface area contributed by atoms with E-state index in [-0.39, 0.29) is 6.09 Å². The number of amides is 1. The van der Waals surface area contributed by atoms with Crippen LogP contribution in [-0.2, 0) is 4.74 Å². The molecule has 1 saturated carbocycles. The number of carbonyl (C=O) groups is 1. The molecule has 124 valence electrons. The molecule has 5 atom stereocenters. The zero-order chi connectivity index (χ0) is 15.9. The summed E-state index contributed by atoms with van der Waals surface area (Å²) in [5, 5.41) is 3.77. The van der Waals surface area contributed by atoms with Gasteiger partial charge in [-0.2, -0.15) is 0 Å². The van der Waals surface area contributed by atoms with E-state index in [0.717, 1.165) is 37.3 Å². The van der Waals surface area contributed by atoms with Crippen molar-refractivity contribution in [2.45, 2.75) is 64.6 Å². The minimum Gasteiger partial charge on any atom is -0.444 e. The van der Waals surface area contributed by atoms with E-state index in [1.807, 2.05) is 25.7 Å². The number of nitrogens with one attached hydrogen (secondary N) is 1. The van der Waals surface area contributed by atoms with Crippen molar-refractivity contribution in [3.8, 4) is 0 Å². The first kappa shape index (κ1) is 15.9. The third kappa shape index (κ3) is 3.48. The van der Waals surface area contributed by atoms with Gasteiger partial charge in [-0.3, -0.25) is 0 Å². The van der Waals surface area contributed by atoms with Crippen LogP contribution in [0.2, 0.25) is 0 Å². The second kappa shape index (κ2) is 5.88. The molecule has 2 fully saturated rings. The smallest absolute Gasteiger partial charge is 0.410 e. The van der Waals surface area contributed by atoms with E-state index in [2.05, 4.69) is 24.4 Å². The van der Waals surface area contributed by atoms with Crippen molar-refractivity contribution in [1.82, 2.24) is 10.2 Å². The fourth-order valence-corrected chi connectivity index (χ4v) is 4.28. The first-order valence-electron chi connectivity index (χ1n) is 8.74. The zero-order valence-corrected chi connectivity index (χ0v) is 14.3. The van der Waals surface area contributed by atoms with Crippen LogP contribution < -0.4 is 5.32 Å². The molecular weight excluding hydrogens is 276 g/mol. The Bertz CT molecular complexity index is 454. The van der Waals surface area contributed by atoms with Crippen LogP contribution in [0, 0.1) is 17.8 Å². The van der Waals surface area contributed by atoms with E-state index in [0.29, 0.717) is 12.1 Å². The fraction of sp³-hybridized carbons (Fsp3) is 0.833. The van der Waals surface area contributed by atoms with Gasteiger partial charge in [-0.05, 0) is 64.7 Å². The van der Waals surface area contributed by atoms with Crippen LogP contribution in [0.25, 0.3) is 0 Å². The molecule has 1 N–H and O–H groups in total. The quantitative estimate of drug-likeness (QED) is 0.814. The topological polar surface area (TPSA) is 41.6 Å². The van der Waals surface area contributed by atoms with Crippen molar-refractivity contribution in [1.29, 1.82) is 0 Å². The molecule has 0 aromatic heterocycles. The summed E-state index contributed by atoms with van der Waals surface area (Å²) in [7, 11) is 0. The van der Waals surface area contributed by atoms with Crippen molar-refractivity contribution in [3.05, 3.63) is 12.2 Å². The Balaban J connectivity index is 1.47. The number of likely N-dealkylation sites (tertiary alicyclic amines) is 1. The Kier molecular flexibility index (Phi) is 4.23. The Labute approximate surface area is 134 Å². The lowest BCUT2D eigenvalue weighted by Gasteiger charge is -2.29. The largest absolute Gasteiger partial charge is 0.444 e. The average Bonchev–Trinajstić information content (AvgIpc) is 3.12. The second-order valence-electron chi connectivity index (χ2n) is 8.31. The molecule has 5 unspecified atom stereocenters. The molecule has 3 aliphatic rings. The average molecular weight is 306 g/mol. The van der Waals surface area contributed by atoms with Crippen LogP contribution in [0.1, 0.15) is 47.0 Å². The molecule has 0 radical (unpaired) electrons. The van der Waals surface area contributed by atoms with Crippen LogP contribution >= 0.6 is 0 Å². The van der Waals surface area contributed by atoms with Crippen molar-refractivity contribution in [2.24, 2.45) is 17.8 Å². The van der Waals surface area contributed by atoms with E-state index in [9.17, 15) is 4.79 Å². The summed E-state index contributed by atoms with van der Waals surface area (Å²) < 4.78 is 5.47. The Hall–Kier alpha value is -1.03. The van der Waals surface area contributed by atoms with Gasteiger partial charge in [-0.15, -0.1) is 0 Å². The summed E-state index contributed by atoms with van der Waals surface area (Å²) in [5.41, 5.74) is -0.411. The molecule has 0 aromatic carbocycles. The SMILES string of the molecule is CC(NC1CCN(C(=O)OC(C)(C)C)C1)C1CC2C=CC1C2. The van der Waals surface area contributed by atoms with Gasteiger partial charge in [-0.1, -0.05) is 12.2 Å². The molecule has 1 saturated heterocycles. The van der Waals surface area contributed by atoms with E-state index in [1.54, 1.807) is 0 Å². The Morgan fingerprint density at radius 2 is 2.09 bits per heavy atom. The number of hydrogen-bond donors (Lipinski definition) is 1. The number of nitrogens with zero attached hydrogens (tertiary/aromatic N) is 1. The molecular formula is C18H30N2O2. The molecule has 4 nitrogen and oxygen atoms in total. The molecule has 1 aliphatic heterocycles. The molecule has 3 rings (SSSR count). The molecule has 1 heterocycles. The molecule has 22 heavy (non-hydrogen) atoms. The number of rotatable bonds is 3. The summed E-state index contributed by atoms with van der Waals surface area (Å²) in [6, 6.07) is 0.939. The van der Waals surface area contributed by atoms with Gasteiger partial charge in [0.25, 0.3) is 0 Å². The fourth-order valence-electron chi connectivity index (χ4n) is 4.28. The summed E-state index contributed by atoms with van der Waals surface area (Å²) in [6.07, 6.45) is 8.35. The summed E-state index contributed by atoms with van der Waals surface area (Å²) in [5.74, 6) is 2.36. The number of ether oxygens (including phenoxy) is 1. The number of hydrogen-bond acceptors (Lipinski definition) is 3. The van der Waals surface area contributed by atoms with Gasteiger partial charge >= 0.3 is 6.09 Å². The number of fused-ring (bicyclic) bond motifs is 2. The van der Waals surface area contributed by atoms with Gasteiger partial charge in [-0.25, -0.2) is 4.79 Å². The molecule has 1 amide bonds. The summed E-state index contributed by atoms with van der Waals surface area (Å²) >= 11 is 0. The molecule has 4 heteroatoms. The van der Waals surface area contributed by atoms with E-state index in [1.165, 1.54) is 12.8 Å². The third-order valence-electron chi connectivity index (χ3n) is 5.31. The molecule has 2 bridgehead atoms. The predicted molar refractivity (Wildman–Crippen MR) is 87.7 cm³/mol. The zero-order valence-electron chi connectivity index (χ0n) is 14.3. The second-order valence-corrected chi connectivity index (χ2v) is 8.31. The normalized spacial score (nSPS) is 35.2. The maximum Gasteiger partial charge on any atom is 0.410 e. The minimum absolute atomic E-state index is 0.174. The van der Waals surface area contributed by atoms with Crippen molar-refractivity contribution >= 4 is 6.09 Å². The standard InChI is InChI=1S/C18H30N2O2/c1-12(16-10-13-5-6-14(16)9-13)19-15-7-8-20(11-15)17(21)22-18(2,3)4/h5-6,12-16,19H,7-11H2,1-4H3. The summed E-state index contributed by atoms with van der Waals surface area (Å²) in [6.45, 7) is 9.64. The van der Waals surface area contributed by atoms with Gasteiger partial charge in [0.1, 0.15) is 5.60 Å². The highest BCUT2D eigenvalue weighted by atomic mass is 16.6. The maximum absolute atomic E-state index is 12.1. The van der Waals surface area contributed by atoms with Gasteiger partial charge in [0.15, 0.2) is 0 Å². The van der Waals surface area contributed by atoms with Crippen molar-refractivity contribution < 1.29 is 9.53 Å². The lowest BCUT2D eigenvalue weighted by atomic mass is 9.87. The molecule has 2 aliphatic carbocycles. The van der Waals surface area contributed by atoms with Gasteiger partial charge in [0, 0.05) is 25.2 Å². The Morgan fingerprint density at radius 1 is 1.32 bits per heavy atom. The first-order valence-corrected chi connectivity index (χ1v) is 8.74. The first-order chi connectivity index (χ1) is 10.3. The highest BCUT2D eigenvalue weighted by Crippen LogP contribution is 2.45.